The third kappa shape index (κ3) is 2.16. The van der Waals surface area contributed by atoms with E-state index in [0.29, 0.717) is 25.8 Å². The van der Waals surface area contributed by atoms with Crippen LogP contribution in [0.1, 0.15) is 25.7 Å². The topological polar surface area (TPSA) is 43.8 Å². The Balaban J connectivity index is 1.64. The van der Waals surface area contributed by atoms with Gasteiger partial charge in [-0.1, -0.05) is 0 Å². The smallest absolute Gasteiger partial charge is 0.407 e. The van der Waals surface area contributed by atoms with Crippen LogP contribution in [0.4, 0.5) is 18.0 Å². The molecule has 0 bridgehead atoms. The lowest BCUT2D eigenvalue weighted by molar-refractivity contribution is -0.0201. The SMILES string of the molecule is O=C(O)N1CCC(N2CCCC3(C2)CC3(F)F)C(F)C1. The molecule has 1 spiro atoms. The maximum absolute atomic E-state index is 14.2. The maximum atomic E-state index is 14.2. The lowest BCUT2D eigenvalue weighted by Crippen LogP contribution is -2.56. The number of carbonyl (C=O) groups is 1. The van der Waals surface area contributed by atoms with Crippen molar-refractivity contribution in [2.24, 2.45) is 5.41 Å². The van der Waals surface area contributed by atoms with Crippen molar-refractivity contribution >= 4 is 6.09 Å². The summed E-state index contributed by atoms with van der Waals surface area (Å²) in [5.74, 6) is -2.60. The highest BCUT2D eigenvalue weighted by Crippen LogP contribution is 2.64. The first-order chi connectivity index (χ1) is 9.35. The van der Waals surface area contributed by atoms with Crippen LogP contribution in [0.15, 0.2) is 0 Å². The number of halogens is 3. The molecule has 3 rings (SSSR count). The molecule has 1 N–H and O–H groups in total. The van der Waals surface area contributed by atoms with Crippen molar-refractivity contribution in [1.82, 2.24) is 9.80 Å². The maximum Gasteiger partial charge on any atom is 0.407 e. The third-order valence-electron chi connectivity index (χ3n) is 5.06. The van der Waals surface area contributed by atoms with E-state index >= 15 is 0 Å². The molecule has 2 aliphatic heterocycles. The van der Waals surface area contributed by atoms with Gasteiger partial charge in [0.05, 0.1) is 12.0 Å². The molecular weight excluding hydrogens is 273 g/mol. The lowest BCUT2D eigenvalue weighted by atomic mass is 9.90. The molecule has 2 saturated heterocycles. The number of carboxylic acid groups (broad SMARTS) is 1. The van der Waals surface area contributed by atoms with Crippen molar-refractivity contribution in [2.45, 2.75) is 43.8 Å². The summed E-state index contributed by atoms with van der Waals surface area (Å²) in [5.41, 5.74) is -0.936. The van der Waals surface area contributed by atoms with E-state index in [2.05, 4.69) is 0 Å². The van der Waals surface area contributed by atoms with Gasteiger partial charge in [-0.2, -0.15) is 0 Å². The number of hydrogen-bond acceptors (Lipinski definition) is 2. The van der Waals surface area contributed by atoms with Gasteiger partial charge in [-0.3, -0.25) is 4.90 Å². The fourth-order valence-electron chi connectivity index (χ4n) is 3.75. The molecule has 20 heavy (non-hydrogen) atoms. The predicted molar refractivity (Wildman–Crippen MR) is 65.7 cm³/mol. The van der Waals surface area contributed by atoms with Gasteiger partial charge in [0.2, 0.25) is 0 Å². The highest BCUT2D eigenvalue weighted by molar-refractivity contribution is 5.65. The summed E-state index contributed by atoms with van der Waals surface area (Å²) in [6, 6.07) is -0.417. The molecule has 114 valence electrons. The summed E-state index contributed by atoms with van der Waals surface area (Å²) in [6.07, 6.45) is -0.920. The predicted octanol–water partition coefficient (Wildman–Crippen LogP) is 2.20. The average molecular weight is 292 g/mol. The van der Waals surface area contributed by atoms with Crippen molar-refractivity contribution in [3.63, 3.8) is 0 Å². The largest absolute Gasteiger partial charge is 0.465 e. The fraction of sp³-hybridized carbons (Fsp3) is 0.923. The molecule has 0 aromatic rings. The zero-order chi connectivity index (χ0) is 14.5. The van der Waals surface area contributed by atoms with E-state index in [4.69, 9.17) is 5.11 Å². The zero-order valence-corrected chi connectivity index (χ0v) is 11.2. The quantitative estimate of drug-likeness (QED) is 0.806. The molecule has 0 aromatic heterocycles. The van der Waals surface area contributed by atoms with Gasteiger partial charge in [-0.05, 0) is 25.8 Å². The van der Waals surface area contributed by atoms with E-state index in [1.165, 1.54) is 0 Å². The minimum Gasteiger partial charge on any atom is -0.465 e. The lowest BCUT2D eigenvalue weighted by Gasteiger charge is -2.43. The van der Waals surface area contributed by atoms with Crippen LogP contribution in [0.25, 0.3) is 0 Å². The Morgan fingerprint density at radius 2 is 2.00 bits per heavy atom. The van der Waals surface area contributed by atoms with Crippen LogP contribution in [-0.2, 0) is 0 Å². The molecule has 4 nitrogen and oxygen atoms in total. The van der Waals surface area contributed by atoms with Crippen LogP contribution >= 0.6 is 0 Å². The number of amides is 1. The summed E-state index contributed by atoms with van der Waals surface area (Å²) >= 11 is 0. The Bertz CT molecular complexity index is 420. The summed E-state index contributed by atoms with van der Waals surface area (Å²) in [4.78, 5) is 13.7. The number of likely N-dealkylation sites (tertiary alicyclic amines) is 2. The Labute approximate surface area is 115 Å². The number of nitrogens with zero attached hydrogens (tertiary/aromatic N) is 2. The first-order valence-electron chi connectivity index (χ1n) is 7.08. The van der Waals surface area contributed by atoms with Gasteiger partial charge in [0.1, 0.15) is 6.17 Å². The van der Waals surface area contributed by atoms with Crippen molar-refractivity contribution < 1.29 is 23.1 Å². The van der Waals surface area contributed by atoms with Crippen LogP contribution in [0.2, 0.25) is 0 Å². The second-order valence-electron chi connectivity index (χ2n) is 6.34. The van der Waals surface area contributed by atoms with Crippen molar-refractivity contribution in [3.05, 3.63) is 0 Å². The number of hydrogen-bond donors (Lipinski definition) is 1. The highest BCUT2D eigenvalue weighted by Gasteiger charge is 2.71. The second-order valence-corrected chi connectivity index (χ2v) is 6.34. The van der Waals surface area contributed by atoms with Crippen LogP contribution in [0.5, 0.6) is 0 Å². The van der Waals surface area contributed by atoms with Crippen molar-refractivity contribution in [3.8, 4) is 0 Å². The van der Waals surface area contributed by atoms with Gasteiger partial charge >= 0.3 is 6.09 Å². The minimum absolute atomic E-state index is 0.0819. The van der Waals surface area contributed by atoms with E-state index in [0.717, 1.165) is 4.90 Å². The molecule has 2 heterocycles. The summed E-state index contributed by atoms with van der Waals surface area (Å²) in [7, 11) is 0. The minimum atomic E-state index is -2.60. The number of rotatable bonds is 1. The molecule has 1 saturated carbocycles. The zero-order valence-electron chi connectivity index (χ0n) is 11.2. The molecule has 0 aromatic carbocycles. The van der Waals surface area contributed by atoms with E-state index < -0.39 is 29.6 Å². The number of alkyl halides is 3. The van der Waals surface area contributed by atoms with Crippen LogP contribution in [0.3, 0.4) is 0 Å². The molecule has 1 amide bonds. The Morgan fingerprint density at radius 1 is 1.30 bits per heavy atom. The van der Waals surface area contributed by atoms with Gasteiger partial charge in [-0.15, -0.1) is 0 Å². The first kappa shape index (κ1) is 14.0. The van der Waals surface area contributed by atoms with Crippen LogP contribution in [0, 0.1) is 5.41 Å². The van der Waals surface area contributed by atoms with Gasteiger partial charge in [0.25, 0.3) is 5.92 Å². The summed E-state index contributed by atoms with van der Waals surface area (Å²) in [6.45, 7) is 1.01. The molecule has 0 radical (unpaired) electrons. The van der Waals surface area contributed by atoms with E-state index in [1.54, 1.807) is 0 Å². The monoisotopic (exact) mass is 292 g/mol. The molecule has 1 aliphatic carbocycles. The third-order valence-corrected chi connectivity index (χ3v) is 5.06. The van der Waals surface area contributed by atoms with Gasteiger partial charge in [0.15, 0.2) is 0 Å². The summed E-state index contributed by atoms with van der Waals surface area (Å²) < 4.78 is 41.1. The van der Waals surface area contributed by atoms with Crippen molar-refractivity contribution in [1.29, 1.82) is 0 Å². The number of piperidine rings is 2. The molecule has 7 heteroatoms. The Kier molecular flexibility index (Phi) is 3.15. The standard InChI is InChI=1S/C13H19F3N2O2/c14-9-6-17(11(19)20)5-2-10(9)18-4-1-3-12(8-18)7-13(12,15)16/h9-10H,1-8H2,(H,19,20). The first-order valence-corrected chi connectivity index (χ1v) is 7.08. The normalized spacial score (nSPS) is 40.9. The molecule has 3 aliphatic rings. The van der Waals surface area contributed by atoms with Gasteiger partial charge in [-0.25, -0.2) is 18.0 Å². The summed E-state index contributed by atoms with van der Waals surface area (Å²) in [5, 5.41) is 8.86. The van der Waals surface area contributed by atoms with Crippen LogP contribution < -0.4 is 0 Å². The van der Waals surface area contributed by atoms with E-state index in [1.807, 2.05) is 4.90 Å². The van der Waals surface area contributed by atoms with E-state index in [9.17, 15) is 18.0 Å². The van der Waals surface area contributed by atoms with Crippen LogP contribution in [-0.4, -0.2) is 65.3 Å². The molecule has 3 atom stereocenters. The average Bonchev–Trinajstić information content (AvgIpc) is 2.89. The van der Waals surface area contributed by atoms with Gasteiger partial charge < -0.3 is 10.0 Å². The molecule has 3 fully saturated rings. The van der Waals surface area contributed by atoms with Crippen molar-refractivity contribution in [2.75, 3.05) is 26.2 Å². The molecular formula is C13H19F3N2O2. The van der Waals surface area contributed by atoms with Gasteiger partial charge in [0, 0.05) is 25.6 Å². The molecule has 3 unspecified atom stereocenters. The fourth-order valence-corrected chi connectivity index (χ4v) is 3.75. The van der Waals surface area contributed by atoms with E-state index in [-0.39, 0.29) is 26.1 Å². The Hall–Kier alpha value is -0.980. The second kappa shape index (κ2) is 4.51. The Morgan fingerprint density at radius 3 is 2.55 bits per heavy atom. The highest BCUT2D eigenvalue weighted by atomic mass is 19.3.